The van der Waals surface area contributed by atoms with Gasteiger partial charge in [-0.2, -0.15) is 4.31 Å². The van der Waals surface area contributed by atoms with E-state index in [1.165, 1.54) is 28.4 Å². The third-order valence-corrected chi connectivity index (χ3v) is 7.95. The highest BCUT2D eigenvalue weighted by atomic mass is 32.2. The molecular formula is C20H30N3O5S+. The van der Waals surface area contributed by atoms with E-state index in [9.17, 15) is 18.0 Å². The number of carbonyl (C=O) groups is 2. The molecule has 0 radical (unpaired) electrons. The number of hydrogen-bond donors (Lipinski definition) is 1. The molecule has 1 aromatic rings. The molecule has 3 rings (SSSR count). The Hall–Kier alpha value is -1.97. The van der Waals surface area contributed by atoms with Gasteiger partial charge >= 0.3 is 5.97 Å². The van der Waals surface area contributed by atoms with Crippen molar-refractivity contribution in [3.63, 3.8) is 0 Å². The number of sulfonamides is 1. The van der Waals surface area contributed by atoms with Gasteiger partial charge < -0.3 is 14.5 Å². The first-order valence-corrected chi connectivity index (χ1v) is 11.6. The summed E-state index contributed by atoms with van der Waals surface area (Å²) in [6.45, 7) is 7.26. The van der Waals surface area contributed by atoms with Crippen LogP contribution in [0.25, 0.3) is 0 Å². The lowest BCUT2D eigenvalue weighted by Crippen LogP contribution is -3.14. The highest BCUT2D eigenvalue weighted by Crippen LogP contribution is 2.27. The molecule has 2 fully saturated rings. The lowest BCUT2D eigenvalue weighted by Gasteiger charge is -2.36. The molecule has 1 aromatic carbocycles. The van der Waals surface area contributed by atoms with Crippen LogP contribution in [0.3, 0.4) is 0 Å². The van der Waals surface area contributed by atoms with Crippen molar-refractivity contribution in [2.45, 2.75) is 24.7 Å². The number of ether oxygens (including phenoxy) is 1. The monoisotopic (exact) mass is 424 g/mol. The fraction of sp³-hybridized carbons (Fsp3) is 0.600. The average Bonchev–Trinajstić information content (AvgIpc) is 2.78. The van der Waals surface area contributed by atoms with Gasteiger partial charge in [0.2, 0.25) is 15.9 Å². The maximum atomic E-state index is 13.1. The SMILES string of the molecule is CC[NH+]1CCN(C(=O)C2CCN(S(=O)(=O)c3ccccc3C(=O)OC)CC2)CC1. The van der Waals surface area contributed by atoms with E-state index in [-0.39, 0.29) is 35.4 Å². The number of quaternary nitrogens is 1. The number of piperazine rings is 1. The first-order valence-electron chi connectivity index (χ1n) is 10.2. The van der Waals surface area contributed by atoms with Gasteiger partial charge in [-0.25, -0.2) is 13.2 Å². The van der Waals surface area contributed by atoms with Crippen molar-refractivity contribution in [3.8, 4) is 0 Å². The predicted octanol–water partition coefficient (Wildman–Crippen LogP) is -0.379. The summed E-state index contributed by atoms with van der Waals surface area (Å²) in [6, 6.07) is 6.07. The van der Waals surface area contributed by atoms with Crippen LogP contribution in [0.4, 0.5) is 0 Å². The number of piperidine rings is 1. The number of hydrogen-bond acceptors (Lipinski definition) is 5. The smallest absolute Gasteiger partial charge is 0.339 e. The first-order chi connectivity index (χ1) is 13.9. The van der Waals surface area contributed by atoms with Gasteiger partial charge in [0.1, 0.15) is 0 Å². The Labute approximate surface area is 172 Å². The number of rotatable bonds is 5. The highest BCUT2D eigenvalue weighted by molar-refractivity contribution is 7.89. The predicted molar refractivity (Wildman–Crippen MR) is 107 cm³/mol. The van der Waals surface area contributed by atoms with Crippen molar-refractivity contribution in [2.75, 3.05) is 52.9 Å². The minimum absolute atomic E-state index is 0.0319. The summed E-state index contributed by atoms with van der Waals surface area (Å²) in [4.78, 5) is 28.2. The molecule has 0 bridgehead atoms. The Morgan fingerprint density at radius 1 is 1.10 bits per heavy atom. The standard InChI is InChI=1S/C20H29N3O5S/c1-3-21-12-14-22(15-13-21)19(24)16-8-10-23(11-9-16)29(26,27)18-7-5-4-6-17(18)20(25)28-2/h4-7,16H,3,8-15H2,1-2H3/p+1. The van der Waals surface area contributed by atoms with Gasteiger partial charge in [0.15, 0.2) is 0 Å². The molecule has 2 aliphatic rings. The van der Waals surface area contributed by atoms with E-state index in [0.717, 1.165) is 32.7 Å². The molecule has 2 heterocycles. The maximum Gasteiger partial charge on any atom is 0.339 e. The van der Waals surface area contributed by atoms with Gasteiger partial charge in [-0.3, -0.25) is 4.79 Å². The summed E-state index contributed by atoms with van der Waals surface area (Å²) in [5.74, 6) is -0.671. The number of nitrogens with one attached hydrogen (secondary N) is 1. The van der Waals surface area contributed by atoms with E-state index < -0.39 is 16.0 Å². The molecule has 2 aliphatic heterocycles. The van der Waals surface area contributed by atoms with Crippen LogP contribution < -0.4 is 4.90 Å². The summed E-state index contributed by atoms with van der Waals surface area (Å²) in [7, 11) is -2.60. The number of esters is 1. The van der Waals surface area contributed by atoms with Crippen LogP contribution in [0.15, 0.2) is 29.2 Å². The minimum Gasteiger partial charge on any atom is -0.465 e. The minimum atomic E-state index is -3.83. The lowest BCUT2D eigenvalue weighted by atomic mass is 9.96. The normalized spacial score (nSPS) is 19.9. The van der Waals surface area contributed by atoms with Crippen molar-refractivity contribution in [3.05, 3.63) is 29.8 Å². The highest BCUT2D eigenvalue weighted by Gasteiger charge is 2.36. The van der Waals surface area contributed by atoms with Crippen LogP contribution in [0.2, 0.25) is 0 Å². The molecule has 0 spiro atoms. The number of benzene rings is 1. The summed E-state index contributed by atoms with van der Waals surface area (Å²) < 4.78 is 32.3. The first kappa shape index (κ1) is 21.7. The molecule has 9 heteroatoms. The van der Waals surface area contributed by atoms with Gasteiger partial charge in [-0.15, -0.1) is 0 Å². The van der Waals surface area contributed by atoms with Crippen LogP contribution >= 0.6 is 0 Å². The zero-order valence-corrected chi connectivity index (χ0v) is 17.9. The van der Waals surface area contributed by atoms with E-state index in [4.69, 9.17) is 4.74 Å². The number of methoxy groups -OCH3 is 1. The van der Waals surface area contributed by atoms with Crippen molar-refractivity contribution in [1.82, 2.24) is 9.21 Å². The van der Waals surface area contributed by atoms with Gasteiger partial charge in [-0.05, 0) is 31.9 Å². The van der Waals surface area contributed by atoms with E-state index in [0.29, 0.717) is 12.8 Å². The molecule has 0 aliphatic carbocycles. The van der Waals surface area contributed by atoms with E-state index >= 15 is 0 Å². The fourth-order valence-corrected chi connectivity index (χ4v) is 5.76. The van der Waals surface area contributed by atoms with Crippen LogP contribution in [0.5, 0.6) is 0 Å². The molecule has 0 unspecified atom stereocenters. The van der Waals surface area contributed by atoms with Crippen molar-refractivity contribution < 1.29 is 27.6 Å². The molecule has 8 nitrogen and oxygen atoms in total. The van der Waals surface area contributed by atoms with Gasteiger partial charge in [0.05, 0.1) is 50.3 Å². The molecule has 1 amide bonds. The number of nitrogens with zero attached hydrogens (tertiary/aromatic N) is 2. The molecule has 0 saturated carbocycles. The molecule has 0 aromatic heterocycles. The molecule has 160 valence electrons. The topological polar surface area (TPSA) is 88.4 Å². The van der Waals surface area contributed by atoms with Gasteiger partial charge in [0, 0.05) is 19.0 Å². The zero-order chi connectivity index (χ0) is 21.0. The van der Waals surface area contributed by atoms with Crippen LogP contribution in [-0.2, 0) is 19.6 Å². The zero-order valence-electron chi connectivity index (χ0n) is 17.1. The average molecular weight is 425 g/mol. The maximum absolute atomic E-state index is 13.1. The second-order valence-electron chi connectivity index (χ2n) is 7.59. The second kappa shape index (κ2) is 9.23. The Kier molecular flexibility index (Phi) is 6.92. The van der Waals surface area contributed by atoms with Crippen molar-refractivity contribution >= 4 is 21.9 Å². The largest absolute Gasteiger partial charge is 0.465 e. The van der Waals surface area contributed by atoms with Crippen LogP contribution in [-0.4, -0.2) is 82.4 Å². The second-order valence-corrected chi connectivity index (χ2v) is 9.50. The molecule has 2 saturated heterocycles. The molecule has 1 N–H and O–H groups in total. The third kappa shape index (κ3) is 4.62. The third-order valence-electron chi connectivity index (χ3n) is 6.00. The van der Waals surface area contributed by atoms with Crippen LogP contribution in [0.1, 0.15) is 30.1 Å². The summed E-state index contributed by atoms with van der Waals surface area (Å²) in [6.07, 6.45) is 0.999. The summed E-state index contributed by atoms with van der Waals surface area (Å²) in [5, 5.41) is 0. The molecular weight excluding hydrogens is 394 g/mol. The van der Waals surface area contributed by atoms with Gasteiger partial charge in [-0.1, -0.05) is 12.1 Å². The summed E-state index contributed by atoms with van der Waals surface area (Å²) in [5.41, 5.74) is 0.0319. The fourth-order valence-electron chi connectivity index (χ4n) is 4.11. The van der Waals surface area contributed by atoms with E-state index in [1.54, 1.807) is 12.1 Å². The Morgan fingerprint density at radius 2 is 1.72 bits per heavy atom. The number of amides is 1. The lowest BCUT2D eigenvalue weighted by molar-refractivity contribution is -0.902. The van der Waals surface area contributed by atoms with Crippen LogP contribution in [0, 0.1) is 5.92 Å². The summed E-state index contributed by atoms with van der Waals surface area (Å²) >= 11 is 0. The Morgan fingerprint density at radius 3 is 2.31 bits per heavy atom. The van der Waals surface area contributed by atoms with E-state index in [2.05, 4.69) is 6.92 Å². The van der Waals surface area contributed by atoms with Crippen molar-refractivity contribution in [1.29, 1.82) is 0 Å². The number of carbonyl (C=O) groups excluding carboxylic acids is 2. The quantitative estimate of drug-likeness (QED) is 0.651. The Bertz CT molecular complexity index is 841. The molecule has 0 atom stereocenters. The Balaban J connectivity index is 1.65. The molecule has 29 heavy (non-hydrogen) atoms. The van der Waals surface area contributed by atoms with Gasteiger partial charge in [0.25, 0.3) is 0 Å². The van der Waals surface area contributed by atoms with Crippen molar-refractivity contribution in [2.24, 2.45) is 5.92 Å². The van der Waals surface area contributed by atoms with E-state index in [1.807, 2.05) is 4.90 Å². The number of likely N-dealkylation sites (N-methyl/N-ethyl adjacent to an activating group) is 1.